The molecule has 106 valence electrons. The molecule has 0 bridgehead atoms. The summed E-state index contributed by atoms with van der Waals surface area (Å²) in [5.41, 5.74) is 7.03. The fraction of sp³-hybridized carbons (Fsp3) is 0.625. The summed E-state index contributed by atoms with van der Waals surface area (Å²) >= 11 is 0. The lowest BCUT2D eigenvalue weighted by atomic mass is 9.95. The molecule has 2 N–H and O–H groups in total. The Balaban J connectivity index is 2.11. The zero-order valence-electron chi connectivity index (χ0n) is 11.6. The summed E-state index contributed by atoms with van der Waals surface area (Å²) in [5, 5.41) is 0. The summed E-state index contributed by atoms with van der Waals surface area (Å²) < 4.78 is 19.6. The number of hydrogen-bond acceptors (Lipinski definition) is 2. The van der Waals surface area contributed by atoms with Gasteiger partial charge in [0.2, 0.25) is 0 Å². The molecule has 1 saturated carbocycles. The van der Waals surface area contributed by atoms with Gasteiger partial charge in [0.1, 0.15) is 5.82 Å². The van der Waals surface area contributed by atoms with Crippen LogP contribution in [-0.2, 0) is 4.74 Å². The van der Waals surface area contributed by atoms with Gasteiger partial charge in [-0.05, 0) is 37.0 Å². The molecule has 1 aliphatic rings. The predicted octanol–water partition coefficient (Wildman–Crippen LogP) is 3.95. The van der Waals surface area contributed by atoms with Crippen LogP contribution in [-0.4, -0.2) is 12.1 Å². The van der Waals surface area contributed by atoms with E-state index in [0.717, 1.165) is 24.8 Å². The van der Waals surface area contributed by atoms with Crippen LogP contribution < -0.4 is 5.73 Å². The van der Waals surface area contributed by atoms with Crippen molar-refractivity contribution in [3.63, 3.8) is 0 Å². The molecule has 1 fully saturated rings. The van der Waals surface area contributed by atoms with Gasteiger partial charge in [0.25, 0.3) is 0 Å². The van der Waals surface area contributed by atoms with Crippen molar-refractivity contribution in [2.24, 2.45) is 5.73 Å². The number of halogens is 1. The number of rotatable bonds is 5. The van der Waals surface area contributed by atoms with Crippen LogP contribution in [0.3, 0.4) is 0 Å². The molecule has 2 nitrogen and oxygen atoms in total. The average Bonchev–Trinajstić information content (AvgIpc) is 2.45. The van der Waals surface area contributed by atoms with Crippen LogP contribution in [0.15, 0.2) is 24.3 Å². The molecule has 0 saturated heterocycles. The zero-order chi connectivity index (χ0) is 13.7. The van der Waals surface area contributed by atoms with Gasteiger partial charge in [0.15, 0.2) is 0 Å². The summed E-state index contributed by atoms with van der Waals surface area (Å²) in [7, 11) is 0. The van der Waals surface area contributed by atoms with Gasteiger partial charge in [0.05, 0.1) is 12.2 Å². The molecular weight excluding hydrogens is 241 g/mol. The summed E-state index contributed by atoms with van der Waals surface area (Å²) in [6.45, 7) is 2.04. The minimum Gasteiger partial charge on any atom is -0.369 e. The van der Waals surface area contributed by atoms with Crippen molar-refractivity contribution in [3.8, 4) is 0 Å². The third-order valence-electron chi connectivity index (χ3n) is 3.93. The van der Waals surface area contributed by atoms with E-state index in [1.807, 2.05) is 13.0 Å². The van der Waals surface area contributed by atoms with Crippen molar-refractivity contribution >= 4 is 0 Å². The van der Waals surface area contributed by atoms with E-state index in [1.54, 1.807) is 12.1 Å². The average molecular weight is 265 g/mol. The SMILES string of the molecule is CCC(N)C(OC1CCCCC1)c1cccc(F)c1. The Labute approximate surface area is 115 Å². The van der Waals surface area contributed by atoms with Crippen LogP contribution in [0.1, 0.15) is 57.1 Å². The first-order valence-corrected chi connectivity index (χ1v) is 7.37. The Hall–Kier alpha value is -0.930. The molecule has 2 atom stereocenters. The quantitative estimate of drug-likeness (QED) is 0.874. The number of benzene rings is 1. The van der Waals surface area contributed by atoms with E-state index in [4.69, 9.17) is 10.5 Å². The summed E-state index contributed by atoms with van der Waals surface area (Å²) in [5.74, 6) is -0.224. The molecule has 2 unspecified atom stereocenters. The summed E-state index contributed by atoms with van der Waals surface area (Å²) in [6.07, 6.45) is 6.86. The van der Waals surface area contributed by atoms with Gasteiger partial charge in [-0.1, -0.05) is 38.3 Å². The minimum atomic E-state index is -0.224. The Kier molecular flexibility index (Phi) is 5.34. The number of hydrogen-bond donors (Lipinski definition) is 1. The van der Waals surface area contributed by atoms with Crippen molar-refractivity contribution in [2.45, 2.75) is 63.7 Å². The molecule has 1 aromatic rings. The monoisotopic (exact) mass is 265 g/mol. The van der Waals surface area contributed by atoms with E-state index >= 15 is 0 Å². The van der Waals surface area contributed by atoms with Crippen LogP contribution >= 0.6 is 0 Å². The molecule has 1 aliphatic carbocycles. The molecule has 0 radical (unpaired) electrons. The van der Waals surface area contributed by atoms with E-state index in [1.165, 1.54) is 25.3 Å². The molecule has 19 heavy (non-hydrogen) atoms. The van der Waals surface area contributed by atoms with Crippen molar-refractivity contribution in [1.29, 1.82) is 0 Å². The Morgan fingerprint density at radius 1 is 1.32 bits per heavy atom. The fourth-order valence-electron chi connectivity index (χ4n) is 2.73. The lowest BCUT2D eigenvalue weighted by Crippen LogP contribution is -2.33. The normalized spacial score (nSPS) is 20.2. The zero-order valence-corrected chi connectivity index (χ0v) is 11.6. The lowest BCUT2D eigenvalue weighted by Gasteiger charge is -2.31. The van der Waals surface area contributed by atoms with Crippen molar-refractivity contribution in [1.82, 2.24) is 0 Å². The highest BCUT2D eigenvalue weighted by atomic mass is 19.1. The second-order valence-corrected chi connectivity index (χ2v) is 5.44. The Morgan fingerprint density at radius 2 is 2.05 bits per heavy atom. The van der Waals surface area contributed by atoms with Gasteiger partial charge in [0, 0.05) is 6.04 Å². The largest absolute Gasteiger partial charge is 0.369 e. The highest BCUT2D eigenvalue weighted by Crippen LogP contribution is 2.29. The molecular formula is C16H24FNO. The predicted molar refractivity (Wildman–Crippen MR) is 75.4 cm³/mol. The third-order valence-corrected chi connectivity index (χ3v) is 3.93. The molecule has 0 heterocycles. The lowest BCUT2D eigenvalue weighted by molar-refractivity contribution is -0.0438. The van der Waals surface area contributed by atoms with Crippen LogP contribution in [0.5, 0.6) is 0 Å². The van der Waals surface area contributed by atoms with E-state index in [-0.39, 0.29) is 24.1 Å². The number of nitrogens with two attached hydrogens (primary N) is 1. The van der Waals surface area contributed by atoms with E-state index in [9.17, 15) is 4.39 Å². The number of ether oxygens (including phenoxy) is 1. The molecule has 0 aromatic heterocycles. The van der Waals surface area contributed by atoms with Gasteiger partial charge in [-0.15, -0.1) is 0 Å². The molecule has 3 heteroatoms. The smallest absolute Gasteiger partial charge is 0.123 e. The van der Waals surface area contributed by atoms with Crippen molar-refractivity contribution in [3.05, 3.63) is 35.6 Å². The molecule has 0 spiro atoms. The van der Waals surface area contributed by atoms with Gasteiger partial charge < -0.3 is 10.5 Å². The maximum absolute atomic E-state index is 13.4. The topological polar surface area (TPSA) is 35.2 Å². The van der Waals surface area contributed by atoms with Crippen molar-refractivity contribution in [2.75, 3.05) is 0 Å². The second kappa shape index (κ2) is 7.01. The summed E-state index contributed by atoms with van der Waals surface area (Å²) in [4.78, 5) is 0. The first kappa shape index (κ1) is 14.5. The van der Waals surface area contributed by atoms with Crippen LogP contribution in [0.2, 0.25) is 0 Å². The standard InChI is InChI=1S/C16H24FNO/c1-2-15(18)16(12-7-6-8-13(17)11-12)19-14-9-4-3-5-10-14/h6-8,11,14-16H,2-5,9-10,18H2,1H3. The van der Waals surface area contributed by atoms with Crippen molar-refractivity contribution < 1.29 is 9.13 Å². The fourth-order valence-corrected chi connectivity index (χ4v) is 2.73. The highest BCUT2D eigenvalue weighted by molar-refractivity contribution is 5.20. The maximum Gasteiger partial charge on any atom is 0.123 e. The molecule has 0 aliphatic heterocycles. The van der Waals surface area contributed by atoms with E-state index in [2.05, 4.69) is 0 Å². The van der Waals surface area contributed by atoms with E-state index in [0.29, 0.717) is 0 Å². The molecule has 2 rings (SSSR count). The van der Waals surface area contributed by atoms with Crippen LogP contribution in [0, 0.1) is 5.82 Å². The third kappa shape index (κ3) is 4.02. The molecule has 0 amide bonds. The minimum absolute atomic E-state index is 0.0799. The Bertz CT molecular complexity index is 390. The highest BCUT2D eigenvalue weighted by Gasteiger charge is 2.24. The second-order valence-electron chi connectivity index (χ2n) is 5.44. The first-order valence-electron chi connectivity index (χ1n) is 7.37. The Morgan fingerprint density at radius 3 is 2.68 bits per heavy atom. The van der Waals surface area contributed by atoms with Gasteiger partial charge in [-0.25, -0.2) is 4.39 Å². The summed E-state index contributed by atoms with van der Waals surface area (Å²) in [6, 6.07) is 6.56. The van der Waals surface area contributed by atoms with Gasteiger partial charge in [-0.3, -0.25) is 0 Å². The first-order chi connectivity index (χ1) is 9.20. The van der Waals surface area contributed by atoms with Gasteiger partial charge >= 0.3 is 0 Å². The maximum atomic E-state index is 13.4. The van der Waals surface area contributed by atoms with Gasteiger partial charge in [-0.2, -0.15) is 0 Å². The van der Waals surface area contributed by atoms with Crippen LogP contribution in [0.25, 0.3) is 0 Å². The molecule has 1 aromatic carbocycles. The van der Waals surface area contributed by atoms with Crippen LogP contribution in [0.4, 0.5) is 4.39 Å². The van der Waals surface area contributed by atoms with E-state index < -0.39 is 0 Å².